The van der Waals surface area contributed by atoms with Gasteiger partial charge in [-0.3, -0.25) is 9.79 Å². The Kier molecular flexibility index (Phi) is 8.69. The monoisotopic (exact) mass is 534 g/mol. The van der Waals surface area contributed by atoms with Gasteiger partial charge in [-0.05, 0) is 31.4 Å². The average molecular weight is 534 g/mol. The number of aliphatic imine (C=N–C) groups is 1. The van der Waals surface area contributed by atoms with Gasteiger partial charge in [0.05, 0.1) is 28.6 Å². The lowest BCUT2D eigenvalue weighted by Gasteiger charge is -2.21. The second-order valence-electron chi connectivity index (χ2n) is 6.75. The second kappa shape index (κ2) is 10.5. The summed E-state index contributed by atoms with van der Waals surface area (Å²) in [6.45, 7) is 6.38. The molecule has 0 saturated carbocycles. The normalized spacial score (nSPS) is 19.4. The summed E-state index contributed by atoms with van der Waals surface area (Å²) >= 11 is 3.47. The van der Waals surface area contributed by atoms with Crippen molar-refractivity contribution in [2.75, 3.05) is 33.8 Å². The molecule has 2 unspecified atom stereocenters. The number of halogens is 1. The Morgan fingerprint density at radius 1 is 1.43 bits per heavy atom. The third kappa shape index (κ3) is 5.44. The smallest absolute Gasteiger partial charge is 0.310 e. The number of ether oxygens (including phenoxy) is 1. The topological polar surface area (TPSA) is 66.8 Å². The van der Waals surface area contributed by atoms with Crippen LogP contribution in [0.5, 0.6) is 0 Å². The van der Waals surface area contributed by atoms with E-state index in [9.17, 15) is 4.79 Å². The van der Waals surface area contributed by atoms with Crippen molar-refractivity contribution in [3.63, 3.8) is 0 Å². The Balaban J connectivity index is 0.00000280. The number of carbonyl (C=O) groups is 1. The lowest BCUT2D eigenvalue weighted by molar-refractivity contribution is -0.145. The predicted molar refractivity (Wildman–Crippen MR) is 127 cm³/mol. The van der Waals surface area contributed by atoms with E-state index in [-0.39, 0.29) is 41.8 Å². The van der Waals surface area contributed by atoms with Crippen LogP contribution in [-0.4, -0.2) is 55.6 Å². The number of hydrogen-bond acceptors (Lipinski definition) is 6. The van der Waals surface area contributed by atoms with Crippen molar-refractivity contribution in [1.82, 2.24) is 15.2 Å². The maximum atomic E-state index is 11.9. The Hall–Kier alpha value is -1.20. The van der Waals surface area contributed by atoms with E-state index in [0.717, 1.165) is 36.2 Å². The number of guanidine groups is 1. The van der Waals surface area contributed by atoms with Gasteiger partial charge >= 0.3 is 5.97 Å². The van der Waals surface area contributed by atoms with Crippen molar-refractivity contribution in [3.8, 4) is 10.6 Å². The summed E-state index contributed by atoms with van der Waals surface area (Å²) in [6.07, 6.45) is 0.927. The molecule has 2 atom stereocenters. The number of nitrogens with one attached hydrogen (secondary N) is 1. The molecule has 2 aromatic heterocycles. The minimum Gasteiger partial charge on any atom is -0.469 e. The van der Waals surface area contributed by atoms with E-state index in [2.05, 4.69) is 44.6 Å². The zero-order valence-corrected chi connectivity index (χ0v) is 20.6. The molecule has 2 aromatic rings. The van der Waals surface area contributed by atoms with E-state index >= 15 is 0 Å². The number of aryl methyl sites for hydroxylation is 1. The third-order valence-corrected chi connectivity index (χ3v) is 6.76. The Labute approximate surface area is 191 Å². The van der Waals surface area contributed by atoms with E-state index in [1.54, 1.807) is 29.7 Å². The molecule has 1 aliphatic rings. The predicted octanol–water partition coefficient (Wildman–Crippen LogP) is 3.66. The molecule has 0 aromatic carbocycles. The molecule has 0 bridgehead atoms. The summed E-state index contributed by atoms with van der Waals surface area (Å²) in [5, 5.41) is 6.63. The minimum absolute atomic E-state index is 0. The van der Waals surface area contributed by atoms with Crippen LogP contribution in [0.3, 0.4) is 0 Å². The van der Waals surface area contributed by atoms with Gasteiger partial charge < -0.3 is 15.0 Å². The van der Waals surface area contributed by atoms with Crippen molar-refractivity contribution in [3.05, 3.63) is 27.4 Å². The van der Waals surface area contributed by atoms with Crippen molar-refractivity contribution in [2.45, 2.75) is 20.3 Å². The summed E-state index contributed by atoms with van der Waals surface area (Å²) < 4.78 is 4.92. The first-order chi connectivity index (χ1) is 13.0. The molecule has 0 aliphatic carbocycles. The van der Waals surface area contributed by atoms with Crippen molar-refractivity contribution in [2.24, 2.45) is 16.8 Å². The Morgan fingerprint density at radius 3 is 2.86 bits per heavy atom. The number of thiazole rings is 1. The molecule has 1 N–H and O–H groups in total. The van der Waals surface area contributed by atoms with Crippen LogP contribution in [0.2, 0.25) is 0 Å². The van der Waals surface area contributed by atoms with E-state index in [4.69, 9.17) is 4.74 Å². The number of hydrogen-bond donors (Lipinski definition) is 1. The van der Waals surface area contributed by atoms with Crippen LogP contribution in [0.25, 0.3) is 10.6 Å². The standard InChI is InChI=1S/C19H26N4O2S2.HI/c1-12-9-23(10-15(12)18(24)25-4)19(20-3)21-8-7-14-5-6-17(27-14)16-11-26-13(2)22-16;/h5-6,11-12,15H,7-10H2,1-4H3,(H,20,21);1H. The molecule has 1 saturated heterocycles. The Morgan fingerprint density at radius 2 is 2.21 bits per heavy atom. The van der Waals surface area contributed by atoms with E-state index in [0.29, 0.717) is 6.54 Å². The van der Waals surface area contributed by atoms with Crippen LogP contribution in [0.1, 0.15) is 16.8 Å². The summed E-state index contributed by atoms with van der Waals surface area (Å²) in [6, 6.07) is 4.32. The van der Waals surface area contributed by atoms with Gasteiger partial charge in [-0.25, -0.2) is 4.98 Å². The number of nitrogens with zero attached hydrogens (tertiary/aromatic N) is 3. The third-order valence-electron chi connectivity index (χ3n) is 4.82. The molecule has 154 valence electrons. The summed E-state index contributed by atoms with van der Waals surface area (Å²) in [5.74, 6) is 0.886. The van der Waals surface area contributed by atoms with Gasteiger partial charge in [0.1, 0.15) is 0 Å². The highest BCUT2D eigenvalue weighted by Gasteiger charge is 2.36. The van der Waals surface area contributed by atoms with Gasteiger partial charge in [-0.15, -0.1) is 46.7 Å². The first-order valence-electron chi connectivity index (χ1n) is 9.06. The van der Waals surface area contributed by atoms with Crippen LogP contribution < -0.4 is 5.32 Å². The Bertz CT molecular complexity index is 820. The molecule has 3 rings (SSSR count). The largest absolute Gasteiger partial charge is 0.469 e. The van der Waals surface area contributed by atoms with Crippen LogP contribution in [0.15, 0.2) is 22.5 Å². The molecule has 6 nitrogen and oxygen atoms in total. The van der Waals surface area contributed by atoms with E-state index in [1.807, 2.05) is 6.92 Å². The quantitative estimate of drug-likeness (QED) is 0.275. The summed E-state index contributed by atoms with van der Waals surface area (Å²) in [7, 11) is 3.24. The molecule has 9 heteroatoms. The molecule has 1 aliphatic heterocycles. The molecule has 28 heavy (non-hydrogen) atoms. The van der Waals surface area contributed by atoms with Gasteiger partial charge in [0, 0.05) is 36.9 Å². The molecule has 0 spiro atoms. The highest BCUT2D eigenvalue weighted by Crippen LogP contribution is 2.29. The summed E-state index contributed by atoms with van der Waals surface area (Å²) in [5.41, 5.74) is 1.07. The highest BCUT2D eigenvalue weighted by atomic mass is 127. The number of thiophene rings is 1. The van der Waals surface area contributed by atoms with Gasteiger partial charge in [-0.1, -0.05) is 6.92 Å². The van der Waals surface area contributed by atoms with Gasteiger partial charge in [-0.2, -0.15) is 0 Å². The van der Waals surface area contributed by atoms with Crippen LogP contribution in [0.4, 0.5) is 0 Å². The lowest BCUT2D eigenvalue weighted by atomic mass is 9.99. The van der Waals surface area contributed by atoms with E-state index in [1.165, 1.54) is 16.9 Å². The first-order valence-corrected chi connectivity index (χ1v) is 10.8. The molecule has 1 fully saturated rings. The fraction of sp³-hybridized carbons (Fsp3) is 0.526. The van der Waals surface area contributed by atoms with Gasteiger partial charge in [0.2, 0.25) is 0 Å². The maximum Gasteiger partial charge on any atom is 0.310 e. The highest BCUT2D eigenvalue weighted by molar-refractivity contribution is 14.0. The number of likely N-dealkylation sites (tertiary alicyclic amines) is 1. The van der Waals surface area contributed by atoms with Crippen LogP contribution >= 0.6 is 46.7 Å². The minimum atomic E-state index is -0.135. The van der Waals surface area contributed by atoms with Crippen LogP contribution in [-0.2, 0) is 16.0 Å². The van der Waals surface area contributed by atoms with Crippen molar-refractivity contribution < 1.29 is 9.53 Å². The number of aromatic nitrogens is 1. The average Bonchev–Trinajstić information content (AvgIpc) is 3.38. The molecular weight excluding hydrogens is 507 g/mol. The second-order valence-corrected chi connectivity index (χ2v) is 8.98. The maximum absolute atomic E-state index is 11.9. The molecular formula is C19H27IN4O2S2. The van der Waals surface area contributed by atoms with Gasteiger partial charge in [0.25, 0.3) is 0 Å². The fourth-order valence-corrected chi connectivity index (χ4v) is 5.01. The van der Waals surface area contributed by atoms with E-state index < -0.39 is 0 Å². The van der Waals surface area contributed by atoms with Crippen LogP contribution in [0, 0.1) is 18.8 Å². The van der Waals surface area contributed by atoms with Crippen molar-refractivity contribution >= 4 is 58.6 Å². The molecule has 0 amide bonds. The summed E-state index contributed by atoms with van der Waals surface area (Å²) in [4.78, 5) is 25.5. The van der Waals surface area contributed by atoms with Gasteiger partial charge in [0.15, 0.2) is 5.96 Å². The van der Waals surface area contributed by atoms with Crippen molar-refractivity contribution in [1.29, 1.82) is 0 Å². The number of carbonyl (C=O) groups excluding carboxylic acids is 1. The number of methoxy groups -OCH3 is 1. The first kappa shape index (κ1) is 23.1. The number of esters is 1. The molecule has 0 radical (unpaired) electrons. The SMILES string of the molecule is CN=C(NCCc1ccc(-c2csc(C)n2)s1)N1CC(C)C(C(=O)OC)C1.I. The molecule has 3 heterocycles. The number of rotatable bonds is 5. The zero-order valence-electron chi connectivity index (χ0n) is 16.6. The lowest BCUT2D eigenvalue weighted by Crippen LogP contribution is -2.41. The zero-order chi connectivity index (χ0) is 19.4. The fourth-order valence-electron chi connectivity index (χ4n) is 3.35.